The molecule has 3 heteroatoms. The van der Waals surface area contributed by atoms with Crippen molar-refractivity contribution in [3.05, 3.63) is 164 Å². The first kappa shape index (κ1) is 25.7. The van der Waals surface area contributed by atoms with Gasteiger partial charge in [-0.15, -0.1) is 0 Å². The van der Waals surface area contributed by atoms with E-state index in [1.165, 1.54) is 76.2 Å². The van der Waals surface area contributed by atoms with Gasteiger partial charge in [0.05, 0.1) is 27.6 Å². The molecular weight excluding hydrogens is 583 g/mol. The van der Waals surface area contributed by atoms with E-state index in [9.17, 15) is 0 Å². The Bertz CT molecular complexity index is 3110. The van der Waals surface area contributed by atoms with Gasteiger partial charge in [-0.1, -0.05) is 121 Å². The van der Waals surface area contributed by atoms with Crippen molar-refractivity contribution < 1.29 is 0 Å². The monoisotopic (exact) mass is 609 g/mol. The number of hydrogen-bond acceptors (Lipinski definition) is 1. The van der Waals surface area contributed by atoms with E-state index in [0.29, 0.717) is 0 Å². The van der Waals surface area contributed by atoms with Crippen LogP contribution in [0.1, 0.15) is 0 Å². The maximum Gasteiger partial charge on any atom is 0.147 e. The number of pyridine rings is 1. The number of benzene rings is 8. The van der Waals surface area contributed by atoms with Crippen LogP contribution in [0, 0.1) is 0 Å². The van der Waals surface area contributed by atoms with Crippen LogP contribution in [-0.4, -0.2) is 14.0 Å². The third-order valence-corrected chi connectivity index (χ3v) is 10.3. The summed E-state index contributed by atoms with van der Waals surface area (Å²) in [5.41, 5.74) is 10.4. The van der Waals surface area contributed by atoms with Crippen LogP contribution in [0.2, 0.25) is 0 Å². The molecule has 3 heterocycles. The molecule has 0 fully saturated rings. The molecule has 3 aromatic heterocycles. The normalized spacial score (nSPS) is 12.2. The van der Waals surface area contributed by atoms with Gasteiger partial charge in [0.15, 0.2) is 0 Å². The Morgan fingerprint density at radius 3 is 1.85 bits per heavy atom. The molecule has 0 amide bonds. The Kier molecular flexibility index (Phi) is 5.11. The smallest absolute Gasteiger partial charge is 0.147 e. The van der Waals surface area contributed by atoms with E-state index < -0.39 is 0 Å². The molecule has 8 aromatic carbocycles. The molecule has 0 saturated carbocycles. The number of rotatable bonds is 2. The summed E-state index contributed by atoms with van der Waals surface area (Å²) in [6.07, 6.45) is 0. The molecule has 222 valence electrons. The summed E-state index contributed by atoms with van der Waals surface area (Å²) >= 11 is 0. The Hall–Kier alpha value is -6.45. The first-order valence-electron chi connectivity index (χ1n) is 16.5. The van der Waals surface area contributed by atoms with E-state index in [2.05, 4.69) is 173 Å². The highest BCUT2D eigenvalue weighted by molar-refractivity contribution is 6.26. The van der Waals surface area contributed by atoms with Gasteiger partial charge in [-0.05, 0) is 75.1 Å². The first-order valence-corrected chi connectivity index (χ1v) is 16.5. The molecule has 0 unspecified atom stereocenters. The van der Waals surface area contributed by atoms with E-state index in [1.54, 1.807) is 0 Å². The molecule has 11 rings (SSSR count). The zero-order valence-electron chi connectivity index (χ0n) is 25.9. The zero-order valence-corrected chi connectivity index (χ0v) is 25.9. The lowest BCUT2D eigenvalue weighted by Gasteiger charge is -2.16. The molecule has 11 aromatic rings. The zero-order chi connectivity index (χ0) is 31.3. The third kappa shape index (κ3) is 3.40. The van der Waals surface area contributed by atoms with Crippen molar-refractivity contribution >= 4 is 81.7 Å². The van der Waals surface area contributed by atoms with Crippen LogP contribution in [0.5, 0.6) is 0 Å². The van der Waals surface area contributed by atoms with Crippen molar-refractivity contribution in [1.82, 2.24) is 14.0 Å². The fourth-order valence-corrected chi connectivity index (χ4v) is 8.19. The van der Waals surface area contributed by atoms with Crippen LogP contribution in [-0.2, 0) is 0 Å². The molecule has 0 aliphatic rings. The van der Waals surface area contributed by atoms with Crippen molar-refractivity contribution in [1.29, 1.82) is 0 Å². The Morgan fingerprint density at radius 2 is 1.04 bits per heavy atom. The third-order valence-electron chi connectivity index (χ3n) is 10.3. The van der Waals surface area contributed by atoms with E-state index in [-0.39, 0.29) is 0 Å². The highest BCUT2D eigenvalue weighted by atomic mass is 15.0. The van der Waals surface area contributed by atoms with Crippen LogP contribution in [0.15, 0.2) is 164 Å². The topological polar surface area (TPSA) is 22.2 Å². The maximum absolute atomic E-state index is 5.22. The SMILES string of the molecule is c1ccc2c(c1)ccc1c3ccccc3n(-c3ccc(-c4cc5c6ccccc6n6c7ccccc7nc6c5c5ccccc45)cc3)c21. The molecule has 0 saturated heterocycles. The molecule has 0 N–H and O–H groups in total. The van der Waals surface area contributed by atoms with Gasteiger partial charge < -0.3 is 4.57 Å². The van der Waals surface area contributed by atoms with E-state index in [4.69, 9.17) is 4.98 Å². The Labute approximate surface area is 275 Å². The van der Waals surface area contributed by atoms with E-state index in [1.807, 2.05) is 0 Å². The molecule has 0 aliphatic heterocycles. The molecular formula is C45H27N3. The van der Waals surface area contributed by atoms with Crippen molar-refractivity contribution in [2.45, 2.75) is 0 Å². The van der Waals surface area contributed by atoms with E-state index in [0.717, 1.165) is 22.4 Å². The fourth-order valence-electron chi connectivity index (χ4n) is 8.19. The van der Waals surface area contributed by atoms with Gasteiger partial charge in [-0.3, -0.25) is 4.40 Å². The van der Waals surface area contributed by atoms with Gasteiger partial charge in [-0.2, -0.15) is 0 Å². The van der Waals surface area contributed by atoms with Gasteiger partial charge in [0, 0.05) is 32.6 Å². The molecule has 0 bridgehead atoms. The minimum atomic E-state index is 1.00. The van der Waals surface area contributed by atoms with Crippen LogP contribution in [0.4, 0.5) is 0 Å². The summed E-state index contributed by atoms with van der Waals surface area (Å²) in [5.74, 6) is 0. The highest BCUT2D eigenvalue weighted by Gasteiger charge is 2.19. The van der Waals surface area contributed by atoms with E-state index >= 15 is 0 Å². The minimum Gasteiger partial charge on any atom is -0.309 e. The second-order valence-electron chi connectivity index (χ2n) is 12.8. The fraction of sp³-hybridized carbons (Fsp3) is 0. The number of fused-ring (bicyclic) bond motifs is 15. The lowest BCUT2D eigenvalue weighted by atomic mass is 9.92. The summed E-state index contributed by atoms with van der Waals surface area (Å²) in [4.78, 5) is 5.22. The van der Waals surface area contributed by atoms with Gasteiger partial charge in [0.1, 0.15) is 5.65 Å². The van der Waals surface area contributed by atoms with Gasteiger partial charge in [0.25, 0.3) is 0 Å². The molecule has 0 aliphatic carbocycles. The lowest BCUT2D eigenvalue weighted by molar-refractivity contribution is 1.19. The maximum atomic E-state index is 5.22. The number of para-hydroxylation sites is 4. The van der Waals surface area contributed by atoms with Gasteiger partial charge >= 0.3 is 0 Å². The number of nitrogens with zero attached hydrogens (tertiary/aromatic N) is 3. The van der Waals surface area contributed by atoms with Crippen LogP contribution >= 0.6 is 0 Å². The Morgan fingerprint density at radius 1 is 0.417 bits per heavy atom. The second-order valence-corrected chi connectivity index (χ2v) is 12.8. The summed E-state index contributed by atoms with van der Waals surface area (Å²) in [5, 5.41) is 11.1. The predicted octanol–water partition coefficient (Wildman–Crippen LogP) is 11.9. The molecule has 0 atom stereocenters. The molecule has 0 radical (unpaired) electrons. The quantitative estimate of drug-likeness (QED) is 0.179. The average molecular weight is 610 g/mol. The summed E-state index contributed by atoms with van der Waals surface area (Å²) in [6, 6.07) is 59.5. The van der Waals surface area contributed by atoms with Crippen molar-refractivity contribution in [3.63, 3.8) is 0 Å². The van der Waals surface area contributed by atoms with Gasteiger partial charge in [0.2, 0.25) is 0 Å². The van der Waals surface area contributed by atoms with Crippen molar-refractivity contribution in [2.24, 2.45) is 0 Å². The Balaban J connectivity index is 1.19. The predicted molar refractivity (Wildman–Crippen MR) is 202 cm³/mol. The van der Waals surface area contributed by atoms with Crippen molar-refractivity contribution in [3.8, 4) is 16.8 Å². The largest absolute Gasteiger partial charge is 0.309 e. The number of hydrogen-bond donors (Lipinski definition) is 0. The molecule has 3 nitrogen and oxygen atoms in total. The van der Waals surface area contributed by atoms with Gasteiger partial charge in [-0.25, -0.2) is 4.98 Å². The van der Waals surface area contributed by atoms with Crippen molar-refractivity contribution in [2.75, 3.05) is 0 Å². The minimum absolute atomic E-state index is 1.00. The van der Waals surface area contributed by atoms with Crippen LogP contribution in [0.3, 0.4) is 0 Å². The number of imidazole rings is 1. The standard InChI is InChI=1S/C45H27N3/c1-2-12-31-28(11-1)23-26-36-33-14-5-8-18-40(33)47(44(31)36)30-24-21-29(22-25-30)37-27-38-34-15-6-9-19-41(34)48-42-20-10-7-17-39(42)46-45(48)43(38)35-16-4-3-13-32(35)37/h1-27H. The summed E-state index contributed by atoms with van der Waals surface area (Å²) in [7, 11) is 0. The van der Waals surface area contributed by atoms with Crippen LogP contribution in [0.25, 0.3) is 98.5 Å². The number of aromatic nitrogens is 3. The second kappa shape index (κ2) is 9.54. The summed E-state index contributed by atoms with van der Waals surface area (Å²) < 4.78 is 4.77. The lowest BCUT2D eigenvalue weighted by Crippen LogP contribution is -1.95. The first-order chi connectivity index (χ1) is 23.8. The molecule has 0 spiro atoms. The average Bonchev–Trinajstić information content (AvgIpc) is 3.71. The van der Waals surface area contributed by atoms with Crippen LogP contribution < -0.4 is 0 Å². The molecule has 48 heavy (non-hydrogen) atoms. The summed E-state index contributed by atoms with van der Waals surface area (Å²) in [6.45, 7) is 0. The highest BCUT2D eigenvalue weighted by Crippen LogP contribution is 2.42.